The molecular weight excluding hydrogens is 719 g/mol. The zero-order valence-corrected chi connectivity index (χ0v) is 31.7. The van der Waals surface area contributed by atoms with E-state index in [0.717, 1.165) is 34.0 Å². The highest BCUT2D eigenvalue weighted by atomic mass is 32.1. The van der Waals surface area contributed by atoms with E-state index in [2.05, 4.69) is 173 Å². The lowest BCUT2D eigenvalue weighted by Gasteiger charge is -2.26. The molecule has 0 saturated carbocycles. The standard InChI is InChI=1S/C51H31N3S2/c1-3-9-47-42(7-1)44-27-37-25-40(22-18-35(37)29-49(44)55-47)54(41-23-19-36-30-50-45(28-38(36)26-41)43-8-2-4-10-48(43)56-50)39-20-16-33(17-21-39)32-12-14-34(15-13-32)46-31-53-24-6-5-11-51(53)52-46/h1-31H. The largest absolute Gasteiger partial charge is 0.310 e. The predicted octanol–water partition coefficient (Wildman–Crippen LogP) is 15.2. The SMILES string of the molecule is c1ccc2c(c1)sc1cc3ccc(N(c4ccc(-c5ccc(-c6cn7ccccc7n6)cc5)cc4)c4ccc5cc6sc7ccccc7c6cc5c4)cc3cc12. The zero-order valence-electron chi connectivity index (χ0n) is 30.1. The molecule has 56 heavy (non-hydrogen) atoms. The summed E-state index contributed by atoms with van der Waals surface area (Å²) < 4.78 is 7.37. The average molecular weight is 750 g/mol. The maximum atomic E-state index is 4.82. The van der Waals surface area contributed by atoms with Crippen LogP contribution in [0.5, 0.6) is 0 Å². The van der Waals surface area contributed by atoms with Gasteiger partial charge in [0.25, 0.3) is 0 Å². The quantitative estimate of drug-likeness (QED) is 0.175. The maximum Gasteiger partial charge on any atom is 0.137 e. The first-order valence-corrected chi connectivity index (χ1v) is 20.5. The molecule has 0 unspecified atom stereocenters. The Morgan fingerprint density at radius 1 is 0.393 bits per heavy atom. The molecule has 0 saturated heterocycles. The molecule has 3 nitrogen and oxygen atoms in total. The topological polar surface area (TPSA) is 20.5 Å². The number of anilines is 3. The fraction of sp³-hybridized carbons (Fsp3) is 0. The minimum Gasteiger partial charge on any atom is -0.310 e. The van der Waals surface area contributed by atoms with Gasteiger partial charge in [-0.3, -0.25) is 0 Å². The molecular formula is C51H31N3S2. The number of fused-ring (bicyclic) bond motifs is 9. The Labute approximate surface area is 330 Å². The monoisotopic (exact) mass is 749 g/mol. The second-order valence-corrected chi connectivity index (χ2v) is 16.7. The van der Waals surface area contributed by atoms with Gasteiger partial charge in [0.1, 0.15) is 5.65 Å². The van der Waals surface area contributed by atoms with Gasteiger partial charge in [0, 0.05) is 75.4 Å². The average Bonchev–Trinajstić information content (AvgIpc) is 3.95. The molecule has 8 aromatic carbocycles. The van der Waals surface area contributed by atoms with E-state index in [1.165, 1.54) is 73.0 Å². The van der Waals surface area contributed by atoms with E-state index in [0.29, 0.717) is 0 Å². The lowest BCUT2D eigenvalue weighted by Crippen LogP contribution is -2.09. The van der Waals surface area contributed by atoms with Gasteiger partial charge in [0.05, 0.1) is 5.69 Å². The van der Waals surface area contributed by atoms with Gasteiger partial charge in [0.2, 0.25) is 0 Å². The molecule has 12 aromatic rings. The summed E-state index contributed by atoms with van der Waals surface area (Å²) >= 11 is 3.74. The first kappa shape index (κ1) is 31.5. The van der Waals surface area contributed by atoms with E-state index >= 15 is 0 Å². The summed E-state index contributed by atoms with van der Waals surface area (Å²) in [5, 5.41) is 10.2. The lowest BCUT2D eigenvalue weighted by atomic mass is 10.0. The third-order valence-electron chi connectivity index (χ3n) is 11.2. The number of hydrogen-bond donors (Lipinski definition) is 0. The molecule has 0 aliphatic rings. The number of benzene rings is 8. The summed E-state index contributed by atoms with van der Waals surface area (Å²) in [4.78, 5) is 7.22. The Morgan fingerprint density at radius 2 is 0.911 bits per heavy atom. The van der Waals surface area contributed by atoms with Crippen LogP contribution in [0.4, 0.5) is 17.1 Å². The van der Waals surface area contributed by atoms with Gasteiger partial charge in [-0.15, -0.1) is 22.7 Å². The third kappa shape index (κ3) is 5.13. The molecule has 4 aromatic heterocycles. The molecule has 0 amide bonds. The number of imidazole rings is 1. The van der Waals surface area contributed by atoms with E-state index < -0.39 is 0 Å². The molecule has 0 N–H and O–H groups in total. The fourth-order valence-corrected chi connectivity index (χ4v) is 10.6. The van der Waals surface area contributed by atoms with E-state index in [1.807, 2.05) is 47.1 Å². The van der Waals surface area contributed by atoms with Crippen molar-refractivity contribution in [1.82, 2.24) is 9.38 Å². The minimum absolute atomic E-state index is 0.950. The predicted molar refractivity (Wildman–Crippen MR) is 242 cm³/mol. The first-order chi connectivity index (χ1) is 27.7. The van der Waals surface area contributed by atoms with Crippen LogP contribution in [-0.2, 0) is 0 Å². The van der Waals surface area contributed by atoms with Crippen molar-refractivity contribution in [3.8, 4) is 22.4 Å². The molecule has 5 heteroatoms. The van der Waals surface area contributed by atoms with Crippen LogP contribution in [0.1, 0.15) is 0 Å². The van der Waals surface area contributed by atoms with Crippen LogP contribution in [0.2, 0.25) is 0 Å². The summed E-state index contributed by atoms with van der Waals surface area (Å²) in [6.07, 6.45) is 4.12. The molecule has 0 fully saturated rings. The number of thiophene rings is 2. The van der Waals surface area contributed by atoms with Crippen molar-refractivity contribution in [2.75, 3.05) is 4.90 Å². The Balaban J connectivity index is 0.972. The van der Waals surface area contributed by atoms with Crippen molar-refractivity contribution in [2.45, 2.75) is 0 Å². The second-order valence-electron chi connectivity index (χ2n) is 14.5. The number of nitrogens with zero attached hydrogens (tertiary/aromatic N) is 3. The van der Waals surface area contributed by atoms with Gasteiger partial charge in [-0.25, -0.2) is 4.98 Å². The normalized spacial score (nSPS) is 11.9. The third-order valence-corrected chi connectivity index (χ3v) is 13.4. The van der Waals surface area contributed by atoms with Crippen LogP contribution < -0.4 is 4.90 Å². The highest BCUT2D eigenvalue weighted by Gasteiger charge is 2.17. The lowest BCUT2D eigenvalue weighted by molar-refractivity contribution is 1.19. The van der Waals surface area contributed by atoms with Crippen LogP contribution in [0, 0.1) is 0 Å². The van der Waals surface area contributed by atoms with E-state index in [1.54, 1.807) is 0 Å². The molecule has 0 radical (unpaired) electrons. The smallest absolute Gasteiger partial charge is 0.137 e. The fourth-order valence-electron chi connectivity index (χ4n) is 8.35. The summed E-state index contributed by atoms with van der Waals surface area (Å²) in [7, 11) is 0. The molecule has 0 spiro atoms. The van der Waals surface area contributed by atoms with Crippen molar-refractivity contribution in [3.05, 3.63) is 188 Å². The van der Waals surface area contributed by atoms with E-state index in [-0.39, 0.29) is 0 Å². The highest BCUT2D eigenvalue weighted by molar-refractivity contribution is 7.26. The number of rotatable bonds is 5. The number of aromatic nitrogens is 2. The highest BCUT2D eigenvalue weighted by Crippen LogP contribution is 2.43. The summed E-state index contributed by atoms with van der Waals surface area (Å²) in [5.74, 6) is 0. The molecule has 12 rings (SSSR count). The summed E-state index contributed by atoms with van der Waals surface area (Å²) in [5.41, 5.74) is 8.74. The second kappa shape index (κ2) is 12.4. The number of hydrogen-bond acceptors (Lipinski definition) is 4. The molecule has 0 atom stereocenters. The van der Waals surface area contributed by atoms with Crippen LogP contribution in [0.3, 0.4) is 0 Å². The Morgan fingerprint density at radius 3 is 1.50 bits per heavy atom. The number of pyridine rings is 1. The van der Waals surface area contributed by atoms with Crippen molar-refractivity contribution >= 4 is 107 Å². The van der Waals surface area contributed by atoms with Crippen molar-refractivity contribution < 1.29 is 0 Å². The Bertz CT molecular complexity index is 3290. The Hall–Kier alpha value is -6.79. The Kier molecular flexibility index (Phi) is 6.97. The van der Waals surface area contributed by atoms with Gasteiger partial charge in [-0.1, -0.05) is 91.0 Å². The van der Waals surface area contributed by atoms with Crippen molar-refractivity contribution in [1.29, 1.82) is 0 Å². The van der Waals surface area contributed by atoms with Gasteiger partial charge >= 0.3 is 0 Å². The van der Waals surface area contributed by atoms with Crippen LogP contribution in [0.25, 0.3) is 89.9 Å². The van der Waals surface area contributed by atoms with E-state index in [4.69, 9.17) is 4.98 Å². The maximum absolute atomic E-state index is 4.82. The van der Waals surface area contributed by atoms with Crippen LogP contribution >= 0.6 is 22.7 Å². The first-order valence-electron chi connectivity index (χ1n) is 18.8. The molecule has 262 valence electrons. The van der Waals surface area contributed by atoms with E-state index in [9.17, 15) is 0 Å². The molecule has 0 bridgehead atoms. The van der Waals surface area contributed by atoms with Crippen LogP contribution in [-0.4, -0.2) is 9.38 Å². The molecule has 4 heterocycles. The molecule has 0 aliphatic carbocycles. The summed E-state index contributed by atoms with van der Waals surface area (Å²) in [6.45, 7) is 0. The minimum atomic E-state index is 0.950. The van der Waals surface area contributed by atoms with Crippen molar-refractivity contribution in [2.24, 2.45) is 0 Å². The van der Waals surface area contributed by atoms with Gasteiger partial charge < -0.3 is 9.30 Å². The van der Waals surface area contributed by atoms with Crippen LogP contribution in [0.15, 0.2) is 188 Å². The van der Waals surface area contributed by atoms with Gasteiger partial charge in [-0.05, 0) is 118 Å². The summed E-state index contributed by atoms with van der Waals surface area (Å²) in [6, 6.07) is 64.6. The van der Waals surface area contributed by atoms with Crippen molar-refractivity contribution in [3.63, 3.8) is 0 Å². The zero-order chi connectivity index (χ0) is 36.7. The van der Waals surface area contributed by atoms with Gasteiger partial charge in [0.15, 0.2) is 0 Å². The molecule has 0 aliphatic heterocycles. The van der Waals surface area contributed by atoms with Gasteiger partial charge in [-0.2, -0.15) is 0 Å².